The van der Waals surface area contributed by atoms with Crippen LogP contribution in [0.4, 0.5) is 5.82 Å². The zero-order valence-corrected chi connectivity index (χ0v) is 7.62. The molecule has 1 heterocycles. The van der Waals surface area contributed by atoms with Crippen LogP contribution in [0.25, 0.3) is 0 Å². The smallest absolute Gasteiger partial charge is 0.363 e. The number of nitrogens with zero attached hydrogens (tertiary/aromatic N) is 2. The Bertz CT molecular complexity index is 323. The molecule has 1 aromatic rings. The SMILES string of the molecule is C[C@H](O)[C@H](N)c1ccc([N+](=O)[O-])nc1. The molecule has 0 aliphatic heterocycles. The molecule has 0 radical (unpaired) electrons. The van der Waals surface area contributed by atoms with Gasteiger partial charge in [-0.25, -0.2) is 0 Å². The number of aromatic nitrogens is 1. The molecular formula is C8H11N3O3. The predicted molar refractivity (Wildman–Crippen MR) is 49.5 cm³/mol. The van der Waals surface area contributed by atoms with Gasteiger partial charge < -0.3 is 21.0 Å². The molecule has 0 fully saturated rings. The van der Waals surface area contributed by atoms with E-state index < -0.39 is 17.1 Å². The Balaban J connectivity index is 2.88. The Hall–Kier alpha value is -1.53. The van der Waals surface area contributed by atoms with Crippen LogP contribution in [-0.2, 0) is 0 Å². The minimum Gasteiger partial charge on any atom is -0.391 e. The molecule has 6 nitrogen and oxygen atoms in total. The highest BCUT2D eigenvalue weighted by atomic mass is 16.6. The number of hydrogen-bond donors (Lipinski definition) is 2. The van der Waals surface area contributed by atoms with Crippen LogP contribution in [0.3, 0.4) is 0 Å². The van der Waals surface area contributed by atoms with Crippen molar-refractivity contribution in [3.8, 4) is 0 Å². The zero-order chi connectivity index (χ0) is 10.7. The van der Waals surface area contributed by atoms with E-state index in [9.17, 15) is 10.1 Å². The van der Waals surface area contributed by atoms with Gasteiger partial charge in [0.1, 0.15) is 6.20 Å². The van der Waals surface area contributed by atoms with Crippen molar-refractivity contribution in [3.63, 3.8) is 0 Å². The number of pyridine rings is 1. The highest BCUT2D eigenvalue weighted by molar-refractivity contribution is 5.25. The molecule has 0 bridgehead atoms. The molecule has 2 atom stereocenters. The minimum absolute atomic E-state index is 0.230. The van der Waals surface area contributed by atoms with Gasteiger partial charge in [-0.1, -0.05) is 0 Å². The van der Waals surface area contributed by atoms with Crippen molar-refractivity contribution in [1.29, 1.82) is 0 Å². The van der Waals surface area contributed by atoms with Crippen molar-refractivity contribution in [2.45, 2.75) is 19.1 Å². The molecule has 0 aliphatic rings. The molecule has 0 aliphatic carbocycles. The molecule has 6 heteroatoms. The number of aliphatic hydroxyl groups excluding tert-OH is 1. The fourth-order valence-electron chi connectivity index (χ4n) is 0.981. The van der Waals surface area contributed by atoms with Crippen LogP contribution in [0, 0.1) is 10.1 Å². The lowest BCUT2D eigenvalue weighted by molar-refractivity contribution is -0.389. The number of nitro groups is 1. The second kappa shape index (κ2) is 4.12. The van der Waals surface area contributed by atoms with Crippen molar-refractivity contribution in [3.05, 3.63) is 34.0 Å². The second-order valence-electron chi connectivity index (χ2n) is 2.97. The summed E-state index contributed by atoms with van der Waals surface area (Å²) < 4.78 is 0. The Labute approximate surface area is 80.5 Å². The molecule has 0 unspecified atom stereocenters. The van der Waals surface area contributed by atoms with Gasteiger partial charge in [0.15, 0.2) is 0 Å². The predicted octanol–water partition coefficient (Wildman–Crippen LogP) is 0.370. The summed E-state index contributed by atoms with van der Waals surface area (Å²) in [5.41, 5.74) is 6.18. The molecule has 14 heavy (non-hydrogen) atoms. The summed E-state index contributed by atoms with van der Waals surface area (Å²) in [7, 11) is 0. The first-order chi connectivity index (χ1) is 6.52. The summed E-state index contributed by atoms with van der Waals surface area (Å²) in [6.07, 6.45) is 0.591. The second-order valence-corrected chi connectivity index (χ2v) is 2.97. The summed E-state index contributed by atoms with van der Waals surface area (Å²) in [5.74, 6) is -0.230. The number of aliphatic hydroxyl groups is 1. The first kappa shape index (κ1) is 10.6. The first-order valence-electron chi connectivity index (χ1n) is 4.06. The molecular weight excluding hydrogens is 186 g/mol. The highest BCUT2D eigenvalue weighted by Gasteiger charge is 2.15. The summed E-state index contributed by atoms with van der Waals surface area (Å²) in [5, 5.41) is 19.4. The van der Waals surface area contributed by atoms with E-state index in [1.54, 1.807) is 6.92 Å². The molecule has 0 saturated carbocycles. The van der Waals surface area contributed by atoms with Crippen LogP contribution in [0.2, 0.25) is 0 Å². The van der Waals surface area contributed by atoms with Crippen molar-refractivity contribution in [2.75, 3.05) is 0 Å². The Morgan fingerprint density at radius 2 is 2.29 bits per heavy atom. The molecule has 0 spiro atoms. The third-order valence-corrected chi connectivity index (χ3v) is 1.86. The summed E-state index contributed by atoms with van der Waals surface area (Å²) in [4.78, 5) is 13.3. The van der Waals surface area contributed by atoms with Crippen molar-refractivity contribution in [1.82, 2.24) is 4.98 Å². The summed E-state index contributed by atoms with van der Waals surface area (Å²) in [6.45, 7) is 1.55. The van der Waals surface area contributed by atoms with Crippen molar-refractivity contribution in [2.24, 2.45) is 5.73 Å². The average Bonchev–Trinajstić information content (AvgIpc) is 2.16. The minimum atomic E-state index is -0.710. The maximum absolute atomic E-state index is 10.3. The molecule has 76 valence electrons. The van der Waals surface area contributed by atoms with E-state index >= 15 is 0 Å². The molecule has 0 amide bonds. The van der Waals surface area contributed by atoms with Crippen LogP contribution in [0.5, 0.6) is 0 Å². The Morgan fingerprint density at radius 1 is 1.64 bits per heavy atom. The summed E-state index contributed by atoms with van der Waals surface area (Å²) >= 11 is 0. The van der Waals surface area contributed by atoms with Crippen LogP contribution in [-0.4, -0.2) is 21.1 Å². The maximum Gasteiger partial charge on any atom is 0.363 e. The van der Waals surface area contributed by atoms with Crippen LogP contribution < -0.4 is 5.73 Å². The van der Waals surface area contributed by atoms with Crippen LogP contribution in [0.1, 0.15) is 18.5 Å². The van der Waals surface area contributed by atoms with Crippen LogP contribution >= 0.6 is 0 Å². The monoisotopic (exact) mass is 197 g/mol. The quantitative estimate of drug-likeness (QED) is 0.538. The van der Waals surface area contributed by atoms with Gasteiger partial charge >= 0.3 is 5.82 Å². The fourth-order valence-corrected chi connectivity index (χ4v) is 0.981. The number of nitrogens with two attached hydrogens (primary N) is 1. The standard InChI is InChI=1S/C8H11N3O3/c1-5(12)8(9)6-2-3-7(10-4-6)11(13)14/h2-5,8,12H,9H2,1H3/t5-,8-/m0/s1. The third-order valence-electron chi connectivity index (χ3n) is 1.86. The molecule has 0 aromatic carbocycles. The van der Waals surface area contributed by atoms with Gasteiger partial charge in [-0.15, -0.1) is 0 Å². The largest absolute Gasteiger partial charge is 0.391 e. The van der Waals surface area contributed by atoms with Gasteiger partial charge in [0.2, 0.25) is 0 Å². The fraction of sp³-hybridized carbons (Fsp3) is 0.375. The van der Waals surface area contributed by atoms with Gasteiger partial charge in [0, 0.05) is 11.6 Å². The lowest BCUT2D eigenvalue weighted by Crippen LogP contribution is -2.23. The molecule has 0 saturated heterocycles. The normalized spacial score (nSPS) is 14.8. The first-order valence-corrected chi connectivity index (χ1v) is 4.06. The van der Waals surface area contributed by atoms with E-state index in [1.807, 2.05) is 0 Å². The van der Waals surface area contributed by atoms with Gasteiger partial charge in [-0.3, -0.25) is 0 Å². The lowest BCUT2D eigenvalue weighted by Gasteiger charge is -2.12. The van der Waals surface area contributed by atoms with E-state index in [4.69, 9.17) is 10.8 Å². The topological polar surface area (TPSA) is 102 Å². The summed E-state index contributed by atoms with van der Waals surface area (Å²) in [6, 6.07) is 2.18. The Morgan fingerprint density at radius 3 is 2.64 bits per heavy atom. The van der Waals surface area contributed by atoms with E-state index in [2.05, 4.69) is 4.98 Å². The highest BCUT2D eigenvalue weighted by Crippen LogP contribution is 2.15. The molecule has 3 N–H and O–H groups in total. The average molecular weight is 197 g/mol. The third kappa shape index (κ3) is 2.24. The number of hydrogen-bond acceptors (Lipinski definition) is 5. The van der Waals surface area contributed by atoms with Gasteiger partial charge in [0.05, 0.1) is 12.1 Å². The van der Waals surface area contributed by atoms with Gasteiger partial charge in [-0.05, 0) is 22.9 Å². The zero-order valence-electron chi connectivity index (χ0n) is 7.62. The van der Waals surface area contributed by atoms with E-state index in [0.29, 0.717) is 5.56 Å². The number of rotatable bonds is 3. The van der Waals surface area contributed by atoms with Crippen molar-refractivity contribution < 1.29 is 10.0 Å². The van der Waals surface area contributed by atoms with E-state index in [0.717, 1.165) is 0 Å². The molecule has 1 aromatic heterocycles. The maximum atomic E-state index is 10.3. The Kier molecular flexibility index (Phi) is 3.10. The lowest BCUT2D eigenvalue weighted by atomic mass is 10.1. The van der Waals surface area contributed by atoms with Gasteiger partial charge in [-0.2, -0.15) is 0 Å². The van der Waals surface area contributed by atoms with E-state index in [1.165, 1.54) is 18.3 Å². The van der Waals surface area contributed by atoms with Crippen molar-refractivity contribution >= 4 is 5.82 Å². The van der Waals surface area contributed by atoms with Crippen LogP contribution in [0.15, 0.2) is 18.3 Å². The molecule has 1 rings (SSSR count). The van der Waals surface area contributed by atoms with Gasteiger partial charge in [0.25, 0.3) is 0 Å². The van der Waals surface area contributed by atoms with E-state index in [-0.39, 0.29) is 5.82 Å².